The summed E-state index contributed by atoms with van der Waals surface area (Å²) in [7, 11) is 0. The topological polar surface area (TPSA) is 91.7 Å². The molecule has 12 heteroatoms. The van der Waals surface area contributed by atoms with E-state index in [-0.39, 0.29) is 23.0 Å². The van der Waals surface area contributed by atoms with Crippen molar-refractivity contribution in [2.45, 2.75) is 19.5 Å². The summed E-state index contributed by atoms with van der Waals surface area (Å²) in [5.41, 5.74) is 3.67. The first-order chi connectivity index (χ1) is 17.7. The van der Waals surface area contributed by atoms with Crippen LogP contribution in [0.4, 0.5) is 35.0 Å². The number of amides is 1. The van der Waals surface area contributed by atoms with Crippen LogP contribution in [-0.4, -0.2) is 48.4 Å². The molecule has 0 bridgehead atoms. The molecular formula is C25H24F4N6O2. The lowest BCUT2D eigenvalue weighted by atomic mass is 10.0. The van der Waals surface area contributed by atoms with Gasteiger partial charge in [0, 0.05) is 24.3 Å². The van der Waals surface area contributed by atoms with E-state index in [0.717, 1.165) is 23.9 Å². The minimum Gasteiger partial charge on any atom is -0.378 e. The highest BCUT2D eigenvalue weighted by atomic mass is 19.4. The van der Waals surface area contributed by atoms with Crippen LogP contribution < -0.4 is 15.6 Å². The second-order valence-corrected chi connectivity index (χ2v) is 8.13. The Balaban J connectivity index is 1.44. The van der Waals surface area contributed by atoms with Crippen molar-refractivity contribution in [2.75, 3.05) is 41.9 Å². The number of ether oxygens (including phenoxy) is 1. The van der Waals surface area contributed by atoms with Crippen LogP contribution >= 0.6 is 0 Å². The molecule has 8 nitrogen and oxygen atoms in total. The van der Waals surface area contributed by atoms with Gasteiger partial charge in [-0.1, -0.05) is 19.1 Å². The molecule has 0 unspecified atom stereocenters. The van der Waals surface area contributed by atoms with E-state index in [9.17, 15) is 22.4 Å². The van der Waals surface area contributed by atoms with Crippen molar-refractivity contribution in [3.8, 4) is 0 Å². The zero-order chi connectivity index (χ0) is 26.4. The monoisotopic (exact) mass is 516 g/mol. The second kappa shape index (κ2) is 11.3. The molecule has 1 aliphatic rings. The number of hydrogen-bond donors (Lipinski definition) is 2. The van der Waals surface area contributed by atoms with Crippen molar-refractivity contribution >= 4 is 29.6 Å². The highest BCUT2D eigenvalue weighted by molar-refractivity contribution is 6.05. The Morgan fingerprint density at radius 3 is 2.70 bits per heavy atom. The number of nitrogens with zero attached hydrogens (tertiary/aromatic N) is 4. The average molecular weight is 516 g/mol. The van der Waals surface area contributed by atoms with Crippen molar-refractivity contribution in [3.05, 3.63) is 76.7 Å². The average Bonchev–Trinajstić information content (AvgIpc) is 2.90. The van der Waals surface area contributed by atoms with Gasteiger partial charge in [0.25, 0.3) is 5.91 Å². The van der Waals surface area contributed by atoms with Gasteiger partial charge in [0.15, 0.2) is 11.6 Å². The highest BCUT2D eigenvalue weighted by Crippen LogP contribution is 2.30. The summed E-state index contributed by atoms with van der Waals surface area (Å²) in [5, 5.41) is 6.64. The summed E-state index contributed by atoms with van der Waals surface area (Å²) in [6.07, 6.45) is -1.34. The first kappa shape index (κ1) is 26.0. The molecule has 2 N–H and O–H groups in total. The van der Waals surface area contributed by atoms with Crippen LogP contribution in [0, 0.1) is 5.82 Å². The number of morpholine rings is 1. The molecule has 1 amide bonds. The molecular weight excluding hydrogens is 492 g/mol. The number of aromatic nitrogens is 2. The number of nitrogens with one attached hydrogen (secondary N) is 2. The van der Waals surface area contributed by atoms with Gasteiger partial charge in [-0.2, -0.15) is 23.3 Å². The molecule has 0 spiro atoms. The number of anilines is 3. The Morgan fingerprint density at radius 2 is 1.97 bits per heavy atom. The molecule has 2 aromatic carbocycles. The summed E-state index contributed by atoms with van der Waals surface area (Å²) < 4.78 is 58.3. The van der Waals surface area contributed by atoms with E-state index in [1.807, 2.05) is 6.92 Å². The first-order valence-electron chi connectivity index (χ1n) is 11.5. The van der Waals surface area contributed by atoms with Crippen LogP contribution in [0.3, 0.4) is 0 Å². The Morgan fingerprint density at radius 1 is 1.19 bits per heavy atom. The number of alkyl halides is 3. The van der Waals surface area contributed by atoms with Crippen molar-refractivity contribution in [2.24, 2.45) is 5.10 Å². The summed E-state index contributed by atoms with van der Waals surface area (Å²) in [4.78, 5) is 22.5. The van der Waals surface area contributed by atoms with Crippen molar-refractivity contribution in [1.29, 1.82) is 0 Å². The first-order valence-corrected chi connectivity index (χ1v) is 11.5. The zero-order valence-corrected chi connectivity index (χ0v) is 19.8. The molecule has 37 heavy (non-hydrogen) atoms. The molecule has 0 aliphatic carbocycles. The van der Waals surface area contributed by atoms with E-state index < -0.39 is 23.5 Å². The quantitative estimate of drug-likeness (QED) is 0.268. The molecule has 1 saturated heterocycles. The summed E-state index contributed by atoms with van der Waals surface area (Å²) in [6.45, 7) is 3.90. The fraction of sp³-hybridized carbons (Fsp3) is 0.280. The normalized spacial score (nSPS) is 14.1. The third-order valence-electron chi connectivity index (χ3n) is 5.64. The number of carbonyl (C=O) groups is 1. The van der Waals surface area contributed by atoms with Crippen molar-refractivity contribution < 1.29 is 27.1 Å². The predicted octanol–water partition coefficient (Wildman–Crippen LogP) is 4.73. The number of aryl methyl sites for hydroxylation is 1. The molecule has 0 saturated carbocycles. The second-order valence-electron chi connectivity index (χ2n) is 8.13. The zero-order valence-electron chi connectivity index (χ0n) is 19.8. The molecule has 1 aliphatic heterocycles. The largest absolute Gasteiger partial charge is 0.416 e. The Labute approximate surface area is 210 Å². The number of halogens is 4. The van der Waals surface area contributed by atoms with Crippen LogP contribution in [0.15, 0.2) is 53.8 Å². The van der Waals surface area contributed by atoms with E-state index >= 15 is 0 Å². The van der Waals surface area contributed by atoms with E-state index in [2.05, 4.69) is 25.8 Å². The lowest BCUT2D eigenvalue weighted by Gasteiger charge is -2.27. The molecule has 1 aromatic heterocycles. The fourth-order valence-corrected chi connectivity index (χ4v) is 3.72. The minimum atomic E-state index is -4.51. The van der Waals surface area contributed by atoms with Gasteiger partial charge in [0.1, 0.15) is 0 Å². The number of hydrazone groups is 1. The van der Waals surface area contributed by atoms with Crippen LogP contribution in [0.1, 0.15) is 34.0 Å². The molecule has 4 rings (SSSR count). The fourth-order valence-electron chi connectivity index (χ4n) is 3.72. The van der Waals surface area contributed by atoms with Crippen LogP contribution in [0.2, 0.25) is 0 Å². The van der Waals surface area contributed by atoms with Crippen molar-refractivity contribution in [1.82, 2.24) is 9.97 Å². The summed E-state index contributed by atoms with van der Waals surface area (Å²) >= 11 is 0. The SMILES string of the molecule is CCc1cc(C(=O)Nc2cccc(C(F)(F)F)c2)ccc1/C=N/Nc1ncc(F)c(N2CCOCC2)n1. The summed E-state index contributed by atoms with van der Waals surface area (Å²) in [6, 6.07) is 9.32. The Bertz CT molecular complexity index is 1290. The van der Waals surface area contributed by atoms with Gasteiger partial charge < -0.3 is 15.0 Å². The predicted molar refractivity (Wildman–Crippen MR) is 131 cm³/mol. The van der Waals surface area contributed by atoms with Crippen molar-refractivity contribution in [3.63, 3.8) is 0 Å². The number of benzene rings is 2. The molecule has 2 heterocycles. The van der Waals surface area contributed by atoms with Crippen LogP contribution in [0.25, 0.3) is 0 Å². The number of hydrogen-bond acceptors (Lipinski definition) is 7. The standard InChI is InChI=1S/C25H24F4N6O2/c1-2-16-12-17(23(36)32-20-5-3-4-19(13-20)25(27,28)29)6-7-18(16)14-31-34-24-30-15-21(26)22(33-24)35-8-10-37-11-9-35/h3-7,12-15H,2,8-11H2,1H3,(H,32,36)(H,30,33,34)/b31-14+. The van der Waals surface area contributed by atoms with E-state index in [1.165, 1.54) is 18.3 Å². The summed E-state index contributed by atoms with van der Waals surface area (Å²) in [5.74, 6) is -0.787. The minimum absolute atomic E-state index is 0.0449. The molecule has 0 atom stereocenters. The van der Waals surface area contributed by atoms with Gasteiger partial charge in [-0.25, -0.2) is 14.8 Å². The van der Waals surface area contributed by atoms with Gasteiger partial charge >= 0.3 is 6.18 Å². The maximum Gasteiger partial charge on any atom is 0.416 e. The lowest BCUT2D eigenvalue weighted by molar-refractivity contribution is -0.137. The van der Waals surface area contributed by atoms with Gasteiger partial charge in [0.2, 0.25) is 5.95 Å². The van der Waals surface area contributed by atoms with E-state index in [1.54, 1.807) is 23.1 Å². The molecule has 194 valence electrons. The maximum absolute atomic E-state index is 14.2. The van der Waals surface area contributed by atoms with Gasteiger partial charge in [-0.3, -0.25) is 4.79 Å². The van der Waals surface area contributed by atoms with Crippen LogP contribution in [0.5, 0.6) is 0 Å². The maximum atomic E-state index is 14.2. The third kappa shape index (κ3) is 6.58. The van der Waals surface area contributed by atoms with E-state index in [0.29, 0.717) is 38.3 Å². The van der Waals surface area contributed by atoms with Crippen LogP contribution in [-0.2, 0) is 17.3 Å². The number of rotatable bonds is 7. The Hall–Kier alpha value is -4.06. The highest BCUT2D eigenvalue weighted by Gasteiger charge is 2.30. The van der Waals surface area contributed by atoms with Gasteiger partial charge in [-0.15, -0.1) is 0 Å². The molecule has 0 radical (unpaired) electrons. The van der Waals surface area contributed by atoms with Gasteiger partial charge in [0.05, 0.1) is 31.2 Å². The van der Waals surface area contributed by atoms with Gasteiger partial charge in [-0.05, 0) is 47.9 Å². The lowest BCUT2D eigenvalue weighted by Crippen LogP contribution is -2.37. The smallest absolute Gasteiger partial charge is 0.378 e. The third-order valence-corrected chi connectivity index (χ3v) is 5.64. The van der Waals surface area contributed by atoms with E-state index in [4.69, 9.17) is 4.74 Å². The molecule has 3 aromatic rings. The number of carbonyl (C=O) groups excluding carboxylic acids is 1. The molecule has 1 fully saturated rings. The Kier molecular flexibility index (Phi) is 7.97.